The molecule has 0 aromatic heterocycles. The largest absolute Gasteiger partial charge is 0.389 e. The van der Waals surface area contributed by atoms with Crippen molar-refractivity contribution in [3.8, 4) is 0 Å². The third-order valence-corrected chi connectivity index (χ3v) is 3.23. The maximum absolute atomic E-state index is 13.0. The topological polar surface area (TPSA) is 32.7 Å². The summed E-state index contributed by atoms with van der Waals surface area (Å²) in [6.45, 7) is 1.47. The lowest BCUT2D eigenvalue weighted by Gasteiger charge is -2.23. The Hall–Kier alpha value is -1.30. The van der Waals surface area contributed by atoms with E-state index < -0.39 is 17.7 Å². The Balaban J connectivity index is 1.90. The van der Waals surface area contributed by atoms with Crippen molar-refractivity contribution in [1.82, 2.24) is 4.90 Å². The number of aliphatic hydroxyl groups is 1. The minimum absolute atomic E-state index is 0.0189. The molecule has 3 nitrogen and oxygen atoms in total. The molecule has 2 atom stereocenters. The predicted molar refractivity (Wildman–Crippen MR) is 68.6 cm³/mol. The van der Waals surface area contributed by atoms with Crippen molar-refractivity contribution in [2.75, 3.05) is 26.8 Å². The van der Waals surface area contributed by atoms with E-state index in [1.807, 2.05) is 18.0 Å². The summed E-state index contributed by atoms with van der Waals surface area (Å²) in [6, 6.07) is 3.75. The van der Waals surface area contributed by atoms with Gasteiger partial charge in [-0.15, -0.1) is 0 Å². The van der Waals surface area contributed by atoms with Crippen LogP contribution in [0.4, 0.5) is 8.78 Å². The highest BCUT2D eigenvalue weighted by molar-refractivity contribution is 5.49. The van der Waals surface area contributed by atoms with E-state index in [-0.39, 0.29) is 6.04 Å². The molecule has 1 saturated heterocycles. The smallest absolute Gasteiger partial charge is 0.159 e. The van der Waals surface area contributed by atoms with Gasteiger partial charge in [0.1, 0.15) is 0 Å². The van der Waals surface area contributed by atoms with Gasteiger partial charge in [0.05, 0.1) is 25.4 Å². The first kappa shape index (κ1) is 14.1. The summed E-state index contributed by atoms with van der Waals surface area (Å²) in [5, 5.41) is 9.66. The van der Waals surface area contributed by atoms with E-state index in [0.29, 0.717) is 25.3 Å². The molecule has 0 radical (unpaired) electrons. The van der Waals surface area contributed by atoms with Crippen LogP contribution in [0, 0.1) is 11.6 Å². The van der Waals surface area contributed by atoms with Crippen LogP contribution in [0.25, 0.3) is 6.08 Å². The highest BCUT2D eigenvalue weighted by Gasteiger charge is 2.28. The van der Waals surface area contributed by atoms with E-state index in [2.05, 4.69) is 0 Å². The summed E-state index contributed by atoms with van der Waals surface area (Å²) in [4.78, 5) is 1.97. The van der Waals surface area contributed by atoms with Crippen LogP contribution in [-0.2, 0) is 4.74 Å². The first-order valence-electron chi connectivity index (χ1n) is 6.15. The summed E-state index contributed by atoms with van der Waals surface area (Å²) in [5.41, 5.74) is 0.607. The van der Waals surface area contributed by atoms with Crippen LogP contribution >= 0.6 is 0 Å². The number of likely N-dealkylation sites (N-methyl/N-ethyl adjacent to an activating group) is 1. The molecule has 1 fully saturated rings. The zero-order valence-corrected chi connectivity index (χ0v) is 10.7. The Morgan fingerprint density at radius 1 is 1.37 bits per heavy atom. The molecule has 0 amide bonds. The average Bonchev–Trinajstić information content (AvgIpc) is 2.80. The van der Waals surface area contributed by atoms with Crippen molar-refractivity contribution >= 4 is 6.08 Å². The monoisotopic (exact) mass is 269 g/mol. The molecular formula is C14H17F2NO2. The maximum Gasteiger partial charge on any atom is 0.159 e. The van der Waals surface area contributed by atoms with Crippen LogP contribution in [-0.4, -0.2) is 49.0 Å². The number of ether oxygens (including phenoxy) is 1. The highest BCUT2D eigenvalue weighted by Crippen LogP contribution is 2.13. The molecule has 1 aliphatic heterocycles. The Kier molecular flexibility index (Phi) is 4.63. The third kappa shape index (κ3) is 3.59. The molecule has 0 unspecified atom stereocenters. The summed E-state index contributed by atoms with van der Waals surface area (Å²) >= 11 is 0. The normalized spacial score (nSPS) is 23.6. The summed E-state index contributed by atoms with van der Waals surface area (Å²) in [6.07, 6.45) is 3.10. The molecule has 0 saturated carbocycles. The summed E-state index contributed by atoms with van der Waals surface area (Å²) < 4.78 is 30.9. The minimum Gasteiger partial charge on any atom is -0.389 e. The molecule has 1 aromatic carbocycles. The van der Waals surface area contributed by atoms with Gasteiger partial charge in [0.2, 0.25) is 0 Å². The summed E-state index contributed by atoms with van der Waals surface area (Å²) in [5.74, 6) is -1.70. The van der Waals surface area contributed by atoms with Gasteiger partial charge >= 0.3 is 0 Å². The van der Waals surface area contributed by atoms with Gasteiger partial charge in [-0.1, -0.05) is 18.2 Å². The molecule has 1 heterocycles. The van der Waals surface area contributed by atoms with E-state index in [1.165, 1.54) is 6.07 Å². The van der Waals surface area contributed by atoms with Gasteiger partial charge in [0, 0.05) is 6.54 Å². The third-order valence-electron chi connectivity index (χ3n) is 3.23. The van der Waals surface area contributed by atoms with Gasteiger partial charge in [-0.05, 0) is 24.7 Å². The molecule has 1 aliphatic rings. The van der Waals surface area contributed by atoms with Crippen LogP contribution in [0.1, 0.15) is 5.56 Å². The molecule has 19 heavy (non-hydrogen) atoms. The van der Waals surface area contributed by atoms with Gasteiger partial charge in [-0.25, -0.2) is 8.78 Å². The second kappa shape index (κ2) is 6.23. The second-order valence-corrected chi connectivity index (χ2v) is 4.69. The fourth-order valence-corrected chi connectivity index (χ4v) is 2.06. The van der Waals surface area contributed by atoms with Crippen LogP contribution in [0.3, 0.4) is 0 Å². The number of hydrogen-bond donors (Lipinski definition) is 1. The highest BCUT2D eigenvalue weighted by atomic mass is 19.2. The van der Waals surface area contributed by atoms with E-state index in [1.54, 1.807) is 6.08 Å². The first-order valence-corrected chi connectivity index (χ1v) is 6.15. The van der Waals surface area contributed by atoms with Crippen molar-refractivity contribution in [2.24, 2.45) is 0 Å². The van der Waals surface area contributed by atoms with Crippen molar-refractivity contribution in [3.63, 3.8) is 0 Å². The Bertz CT molecular complexity index is 465. The quantitative estimate of drug-likeness (QED) is 0.902. The molecule has 1 aromatic rings. The fraction of sp³-hybridized carbons (Fsp3) is 0.429. The van der Waals surface area contributed by atoms with E-state index in [4.69, 9.17) is 4.74 Å². The van der Waals surface area contributed by atoms with Crippen LogP contribution in [0.15, 0.2) is 24.3 Å². The standard InChI is InChI=1S/C14H17F2NO2/c1-17(13-8-19-9-14(13)18)6-2-3-10-4-5-11(15)12(16)7-10/h2-5,7,13-14,18H,6,8-9H2,1H3/b3-2+/t13-,14-/m1/s1. The van der Waals surface area contributed by atoms with Gasteiger partial charge < -0.3 is 9.84 Å². The second-order valence-electron chi connectivity index (χ2n) is 4.69. The van der Waals surface area contributed by atoms with Crippen molar-refractivity contribution in [3.05, 3.63) is 41.5 Å². The van der Waals surface area contributed by atoms with Crippen molar-refractivity contribution in [1.29, 1.82) is 0 Å². The lowest BCUT2D eigenvalue weighted by atomic mass is 10.1. The molecule has 5 heteroatoms. The number of hydrogen-bond acceptors (Lipinski definition) is 3. The molecule has 0 bridgehead atoms. The first-order chi connectivity index (χ1) is 9.08. The Morgan fingerprint density at radius 3 is 2.79 bits per heavy atom. The van der Waals surface area contributed by atoms with E-state index >= 15 is 0 Å². The number of nitrogens with zero attached hydrogens (tertiary/aromatic N) is 1. The van der Waals surface area contributed by atoms with Crippen LogP contribution < -0.4 is 0 Å². The molecule has 0 aliphatic carbocycles. The Labute approximate surface area is 111 Å². The number of rotatable bonds is 4. The molecule has 0 spiro atoms. The fourth-order valence-electron chi connectivity index (χ4n) is 2.06. The molecule has 1 N–H and O–H groups in total. The SMILES string of the molecule is CN(C/C=C/c1ccc(F)c(F)c1)[C@@H]1COC[C@H]1O. The zero-order valence-electron chi connectivity index (χ0n) is 10.7. The zero-order chi connectivity index (χ0) is 13.8. The van der Waals surface area contributed by atoms with Crippen molar-refractivity contribution < 1.29 is 18.6 Å². The lowest BCUT2D eigenvalue weighted by Crippen LogP contribution is -2.40. The van der Waals surface area contributed by atoms with Gasteiger partial charge in [-0.2, -0.15) is 0 Å². The predicted octanol–water partition coefficient (Wildman–Crippen LogP) is 1.67. The Morgan fingerprint density at radius 2 is 2.16 bits per heavy atom. The molecular weight excluding hydrogens is 252 g/mol. The van der Waals surface area contributed by atoms with Gasteiger partial charge in [-0.3, -0.25) is 4.90 Å². The van der Waals surface area contributed by atoms with Crippen LogP contribution in [0.2, 0.25) is 0 Å². The molecule has 104 valence electrons. The van der Waals surface area contributed by atoms with Crippen molar-refractivity contribution in [2.45, 2.75) is 12.1 Å². The summed E-state index contributed by atoms with van der Waals surface area (Å²) in [7, 11) is 1.89. The number of halogens is 2. The number of aliphatic hydroxyl groups excluding tert-OH is 1. The molecule has 2 rings (SSSR count). The average molecular weight is 269 g/mol. The van der Waals surface area contributed by atoms with Gasteiger partial charge in [0.25, 0.3) is 0 Å². The minimum atomic E-state index is -0.852. The van der Waals surface area contributed by atoms with E-state index in [0.717, 1.165) is 12.1 Å². The van der Waals surface area contributed by atoms with Gasteiger partial charge in [0.15, 0.2) is 11.6 Å². The van der Waals surface area contributed by atoms with Crippen LogP contribution in [0.5, 0.6) is 0 Å². The lowest BCUT2D eigenvalue weighted by molar-refractivity contribution is 0.100. The number of benzene rings is 1. The van der Waals surface area contributed by atoms with E-state index in [9.17, 15) is 13.9 Å². The maximum atomic E-state index is 13.0.